The monoisotopic (exact) mass is 313 g/mol. The molecule has 6 heteroatoms. The van der Waals surface area contributed by atoms with Crippen molar-refractivity contribution in [3.05, 3.63) is 47.7 Å². The molecule has 0 bridgehead atoms. The molecule has 0 unspecified atom stereocenters. The molecule has 4 rings (SSSR count). The molecule has 22 heavy (non-hydrogen) atoms. The second-order valence-corrected chi connectivity index (χ2v) is 5.79. The molecule has 3 aromatic heterocycles. The van der Waals surface area contributed by atoms with E-state index in [0.29, 0.717) is 5.02 Å². The standard InChI is InChI=1S/C16H16ClN5/c17-12-4-7-22-15(10-12)13(11-19-22)14-2-1-3-16(20-14)21-8-5-18-6-9-21/h1-4,7,10-11,18H,5-6,8-9H2. The van der Waals surface area contributed by atoms with Crippen molar-refractivity contribution in [3.63, 3.8) is 0 Å². The van der Waals surface area contributed by atoms with Gasteiger partial charge in [-0.25, -0.2) is 9.50 Å². The minimum Gasteiger partial charge on any atom is -0.354 e. The Balaban J connectivity index is 1.76. The van der Waals surface area contributed by atoms with Gasteiger partial charge in [-0.1, -0.05) is 17.7 Å². The van der Waals surface area contributed by atoms with Gasteiger partial charge in [-0.3, -0.25) is 0 Å². The van der Waals surface area contributed by atoms with Gasteiger partial charge in [0.1, 0.15) is 5.82 Å². The van der Waals surface area contributed by atoms with E-state index >= 15 is 0 Å². The van der Waals surface area contributed by atoms with Crippen molar-refractivity contribution in [1.29, 1.82) is 0 Å². The molecule has 0 aromatic carbocycles. The van der Waals surface area contributed by atoms with Gasteiger partial charge in [0, 0.05) is 43.0 Å². The van der Waals surface area contributed by atoms with E-state index in [-0.39, 0.29) is 0 Å². The lowest BCUT2D eigenvalue weighted by Crippen LogP contribution is -2.43. The van der Waals surface area contributed by atoms with E-state index < -0.39 is 0 Å². The molecule has 1 saturated heterocycles. The highest BCUT2D eigenvalue weighted by molar-refractivity contribution is 6.31. The molecule has 0 saturated carbocycles. The number of hydrogen-bond donors (Lipinski definition) is 1. The molecule has 1 N–H and O–H groups in total. The number of nitrogens with one attached hydrogen (secondary N) is 1. The van der Waals surface area contributed by atoms with Crippen LogP contribution in [0.25, 0.3) is 16.8 Å². The maximum atomic E-state index is 6.11. The van der Waals surface area contributed by atoms with Crippen LogP contribution < -0.4 is 10.2 Å². The van der Waals surface area contributed by atoms with Crippen molar-refractivity contribution in [3.8, 4) is 11.3 Å². The molecule has 112 valence electrons. The van der Waals surface area contributed by atoms with Gasteiger partial charge in [-0.2, -0.15) is 5.10 Å². The van der Waals surface area contributed by atoms with Crippen molar-refractivity contribution in [1.82, 2.24) is 19.9 Å². The lowest BCUT2D eigenvalue weighted by atomic mass is 10.2. The van der Waals surface area contributed by atoms with E-state index in [1.807, 2.05) is 41.2 Å². The van der Waals surface area contributed by atoms with Gasteiger partial charge in [-0.15, -0.1) is 0 Å². The Hall–Kier alpha value is -2.11. The highest BCUT2D eigenvalue weighted by atomic mass is 35.5. The molecule has 4 heterocycles. The van der Waals surface area contributed by atoms with E-state index in [2.05, 4.69) is 21.4 Å². The highest BCUT2D eigenvalue weighted by Crippen LogP contribution is 2.26. The van der Waals surface area contributed by atoms with Crippen LogP contribution in [0.4, 0.5) is 5.82 Å². The number of anilines is 1. The van der Waals surface area contributed by atoms with Crippen LogP contribution in [-0.4, -0.2) is 40.8 Å². The van der Waals surface area contributed by atoms with E-state index in [1.54, 1.807) is 0 Å². The molecule has 1 aliphatic rings. The van der Waals surface area contributed by atoms with Gasteiger partial charge < -0.3 is 10.2 Å². The fourth-order valence-corrected chi connectivity index (χ4v) is 2.96. The summed E-state index contributed by atoms with van der Waals surface area (Å²) in [6.07, 6.45) is 3.71. The fraction of sp³-hybridized carbons (Fsp3) is 0.250. The topological polar surface area (TPSA) is 45.5 Å². The molecule has 0 amide bonds. The van der Waals surface area contributed by atoms with Crippen molar-refractivity contribution >= 4 is 22.9 Å². The zero-order valence-corrected chi connectivity index (χ0v) is 12.8. The third kappa shape index (κ3) is 2.42. The molecule has 0 aliphatic carbocycles. The lowest BCUT2D eigenvalue weighted by molar-refractivity contribution is 0.585. The summed E-state index contributed by atoms with van der Waals surface area (Å²) in [5.74, 6) is 1.01. The largest absolute Gasteiger partial charge is 0.354 e. The maximum absolute atomic E-state index is 6.11. The van der Waals surface area contributed by atoms with Gasteiger partial charge >= 0.3 is 0 Å². The Bertz CT molecular complexity index is 807. The van der Waals surface area contributed by atoms with Crippen LogP contribution in [0.15, 0.2) is 42.7 Å². The third-order valence-corrected chi connectivity index (χ3v) is 4.17. The summed E-state index contributed by atoms with van der Waals surface area (Å²) in [6.45, 7) is 3.96. The predicted octanol–water partition coefficient (Wildman–Crippen LogP) is 2.46. The maximum Gasteiger partial charge on any atom is 0.129 e. The number of hydrogen-bond acceptors (Lipinski definition) is 4. The normalized spacial score (nSPS) is 15.4. The van der Waals surface area contributed by atoms with Crippen molar-refractivity contribution in [2.75, 3.05) is 31.1 Å². The summed E-state index contributed by atoms with van der Waals surface area (Å²) in [6, 6.07) is 9.88. The van der Waals surface area contributed by atoms with E-state index in [9.17, 15) is 0 Å². The second-order valence-electron chi connectivity index (χ2n) is 5.35. The van der Waals surface area contributed by atoms with Gasteiger partial charge in [0.2, 0.25) is 0 Å². The molecule has 0 atom stereocenters. The average Bonchev–Trinajstić information content (AvgIpc) is 2.99. The minimum absolute atomic E-state index is 0.701. The molecular weight excluding hydrogens is 298 g/mol. The predicted molar refractivity (Wildman–Crippen MR) is 88.5 cm³/mol. The Morgan fingerprint density at radius 3 is 2.86 bits per heavy atom. The fourth-order valence-electron chi connectivity index (χ4n) is 2.80. The summed E-state index contributed by atoms with van der Waals surface area (Å²) in [5.41, 5.74) is 2.89. The Morgan fingerprint density at radius 1 is 1.14 bits per heavy atom. The molecule has 0 spiro atoms. The second kappa shape index (κ2) is 5.59. The SMILES string of the molecule is Clc1ccn2ncc(-c3cccc(N4CCNCC4)n3)c2c1. The number of piperazine rings is 1. The van der Waals surface area contributed by atoms with Crippen LogP contribution in [0, 0.1) is 0 Å². The smallest absolute Gasteiger partial charge is 0.129 e. The van der Waals surface area contributed by atoms with E-state index in [4.69, 9.17) is 16.6 Å². The van der Waals surface area contributed by atoms with Gasteiger partial charge in [0.05, 0.1) is 17.4 Å². The summed E-state index contributed by atoms with van der Waals surface area (Å²) < 4.78 is 1.82. The number of fused-ring (bicyclic) bond motifs is 1. The van der Waals surface area contributed by atoms with Crippen LogP contribution in [0.5, 0.6) is 0 Å². The quantitative estimate of drug-likeness (QED) is 0.789. The third-order valence-electron chi connectivity index (χ3n) is 3.93. The first-order chi connectivity index (χ1) is 10.8. The number of pyridine rings is 2. The molecule has 0 radical (unpaired) electrons. The van der Waals surface area contributed by atoms with Crippen LogP contribution in [-0.2, 0) is 0 Å². The van der Waals surface area contributed by atoms with Crippen molar-refractivity contribution in [2.45, 2.75) is 0 Å². The van der Waals surface area contributed by atoms with Crippen molar-refractivity contribution in [2.24, 2.45) is 0 Å². The Labute approximate surface area is 133 Å². The van der Waals surface area contributed by atoms with Gasteiger partial charge in [0.25, 0.3) is 0 Å². The van der Waals surface area contributed by atoms with Crippen molar-refractivity contribution < 1.29 is 0 Å². The van der Waals surface area contributed by atoms with E-state index in [0.717, 1.165) is 48.8 Å². The zero-order chi connectivity index (χ0) is 14.9. The van der Waals surface area contributed by atoms with E-state index in [1.165, 1.54) is 0 Å². The Morgan fingerprint density at radius 2 is 2.00 bits per heavy atom. The summed E-state index contributed by atoms with van der Waals surface area (Å²) in [7, 11) is 0. The molecule has 3 aromatic rings. The summed E-state index contributed by atoms with van der Waals surface area (Å²) >= 11 is 6.11. The average molecular weight is 314 g/mol. The molecular formula is C16H16ClN5. The molecule has 1 fully saturated rings. The number of rotatable bonds is 2. The van der Waals surface area contributed by atoms with Crippen LogP contribution in [0.1, 0.15) is 0 Å². The first kappa shape index (κ1) is 13.5. The first-order valence-corrected chi connectivity index (χ1v) is 7.75. The molecule has 1 aliphatic heterocycles. The summed E-state index contributed by atoms with van der Waals surface area (Å²) in [4.78, 5) is 7.12. The molecule has 5 nitrogen and oxygen atoms in total. The van der Waals surface area contributed by atoms with Gasteiger partial charge in [0.15, 0.2) is 0 Å². The highest BCUT2D eigenvalue weighted by Gasteiger charge is 2.14. The van der Waals surface area contributed by atoms with Crippen LogP contribution in [0.3, 0.4) is 0 Å². The first-order valence-electron chi connectivity index (χ1n) is 7.37. The Kier molecular flexibility index (Phi) is 3.44. The van der Waals surface area contributed by atoms with Crippen LogP contribution in [0.2, 0.25) is 5.02 Å². The summed E-state index contributed by atoms with van der Waals surface area (Å²) in [5, 5.41) is 8.43. The lowest BCUT2D eigenvalue weighted by Gasteiger charge is -2.28. The zero-order valence-electron chi connectivity index (χ0n) is 12.0. The number of nitrogens with zero attached hydrogens (tertiary/aromatic N) is 4. The number of aromatic nitrogens is 3. The van der Waals surface area contributed by atoms with Gasteiger partial charge in [-0.05, 0) is 24.3 Å². The number of halogens is 1. The van der Waals surface area contributed by atoms with Crippen LogP contribution >= 0.6 is 11.6 Å². The minimum atomic E-state index is 0.701.